The number of nitrogens with zero attached hydrogens (tertiary/aromatic N) is 1. The molecule has 0 saturated carbocycles. The van der Waals surface area contributed by atoms with Gasteiger partial charge in [0.1, 0.15) is 17.1 Å². The van der Waals surface area contributed by atoms with Crippen molar-refractivity contribution in [2.75, 3.05) is 0 Å². The molecule has 1 rings (SSSR count). The normalized spacial score (nSPS) is 12.2. The molecule has 0 heterocycles. The van der Waals surface area contributed by atoms with E-state index in [1.165, 1.54) is 13.0 Å². The van der Waals surface area contributed by atoms with E-state index in [9.17, 15) is 18.0 Å². The molecule has 9 heteroatoms. The van der Waals surface area contributed by atoms with Crippen LogP contribution in [-0.2, 0) is 4.84 Å². The largest absolute Gasteiger partial charge is 0.573 e. The van der Waals surface area contributed by atoms with Gasteiger partial charge in [-0.05, 0) is 25.1 Å². The van der Waals surface area contributed by atoms with E-state index in [0.717, 1.165) is 12.1 Å². The van der Waals surface area contributed by atoms with E-state index in [4.69, 9.17) is 5.73 Å². The summed E-state index contributed by atoms with van der Waals surface area (Å²) in [5.74, 6) is -1.86. The molecule has 0 spiro atoms. The van der Waals surface area contributed by atoms with E-state index in [1.54, 1.807) is 0 Å². The van der Waals surface area contributed by atoms with E-state index in [0.29, 0.717) is 4.47 Å². The Morgan fingerprint density at radius 3 is 2.58 bits per heavy atom. The highest BCUT2D eigenvalue weighted by Gasteiger charge is 2.33. The lowest BCUT2D eigenvalue weighted by atomic mass is 10.2. The number of ether oxygens (including phenoxy) is 1. The monoisotopic (exact) mass is 340 g/mol. The highest BCUT2D eigenvalue weighted by molar-refractivity contribution is 9.10. The molecule has 0 aliphatic carbocycles. The van der Waals surface area contributed by atoms with Gasteiger partial charge in [0.25, 0.3) is 0 Å². The van der Waals surface area contributed by atoms with Crippen LogP contribution in [0.5, 0.6) is 5.75 Å². The minimum Gasteiger partial charge on any atom is -0.405 e. The van der Waals surface area contributed by atoms with E-state index < -0.39 is 23.6 Å². The van der Waals surface area contributed by atoms with Gasteiger partial charge in [-0.1, -0.05) is 21.1 Å². The maximum Gasteiger partial charge on any atom is 0.573 e. The fraction of sp³-hybridized carbons (Fsp3) is 0.200. The van der Waals surface area contributed by atoms with Crippen molar-refractivity contribution in [1.82, 2.24) is 0 Å². The first-order chi connectivity index (χ1) is 8.69. The fourth-order valence-electron chi connectivity index (χ4n) is 1.04. The average Bonchev–Trinajstić information content (AvgIpc) is 2.26. The predicted octanol–water partition coefficient (Wildman–Crippen LogP) is 2.80. The molecular weight excluding hydrogens is 333 g/mol. The molecule has 0 aromatic heterocycles. The second kappa shape index (κ2) is 5.91. The van der Waals surface area contributed by atoms with Crippen molar-refractivity contribution in [1.29, 1.82) is 0 Å². The molecule has 1 aromatic rings. The van der Waals surface area contributed by atoms with Crippen LogP contribution in [0.4, 0.5) is 13.2 Å². The highest BCUT2D eigenvalue weighted by Crippen LogP contribution is 2.29. The van der Waals surface area contributed by atoms with Crippen LogP contribution in [0.1, 0.15) is 17.3 Å². The third-order valence-corrected chi connectivity index (χ3v) is 2.15. The quantitative estimate of drug-likeness (QED) is 0.397. The van der Waals surface area contributed by atoms with Gasteiger partial charge in [0.05, 0.1) is 0 Å². The Kier molecular flexibility index (Phi) is 4.76. The van der Waals surface area contributed by atoms with Gasteiger partial charge in [-0.2, -0.15) is 0 Å². The number of benzene rings is 1. The summed E-state index contributed by atoms with van der Waals surface area (Å²) < 4.78 is 40.6. The second-order valence-electron chi connectivity index (χ2n) is 3.30. The summed E-state index contributed by atoms with van der Waals surface area (Å²) in [6.07, 6.45) is -4.92. The van der Waals surface area contributed by atoms with Gasteiger partial charge in [-0.3, -0.25) is 0 Å². The lowest BCUT2D eigenvalue weighted by molar-refractivity contribution is -0.274. The van der Waals surface area contributed by atoms with Gasteiger partial charge in [0.2, 0.25) is 0 Å². The Bertz CT molecular complexity index is 513. The fourth-order valence-corrected chi connectivity index (χ4v) is 1.40. The summed E-state index contributed by atoms with van der Waals surface area (Å²) in [7, 11) is 0. The number of rotatable bonds is 3. The van der Waals surface area contributed by atoms with Crippen molar-refractivity contribution >= 4 is 27.7 Å². The van der Waals surface area contributed by atoms with E-state index in [1.807, 2.05) is 0 Å². The van der Waals surface area contributed by atoms with Crippen LogP contribution in [0.2, 0.25) is 0 Å². The summed E-state index contributed by atoms with van der Waals surface area (Å²) in [6.45, 7) is 1.35. The Labute approximate surface area is 114 Å². The SMILES string of the molecule is C/C(N)=N/OC(=O)c1cc(Br)ccc1OC(F)(F)F. The minimum atomic E-state index is -4.92. The smallest absolute Gasteiger partial charge is 0.405 e. The van der Waals surface area contributed by atoms with Crippen molar-refractivity contribution in [2.45, 2.75) is 13.3 Å². The van der Waals surface area contributed by atoms with E-state index in [-0.39, 0.29) is 5.84 Å². The number of alkyl halides is 3. The summed E-state index contributed by atoms with van der Waals surface area (Å²) in [5.41, 5.74) is 4.71. The zero-order valence-corrected chi connectivity index (χ0v) is 11.1. The number of hydrogen-bond donors (Lipinski definition) is 1. The molecule has 0 aliphatic heterocycles. The number of carbonyl (C=O) groups excluding carboxylic acids is 1. The lowest BCUT2D eigenvalue weighted by Crippen LogP contribution is -2.19. The molecule has 0 amide bonds. The molecule has 0 fully saturated rings. The third kappa shape index (κ3) is 5.16. The van der Waals surface area contributed by atoms with E-state index in [2.05, 4.69) is 30.7 Å². The molecule has 2 N–H and O–H groups in total. The zero-order valence-electron chi connectivity index (χ0n) is 9.49. The van der Waals surface area contributed by atoms with E-state index >= 15 is 0 Å². The maximum absolute atomic E-state index is 12.2. The second-order valence-corrected chi connectivity index (χ2v) is 4.22. The van der Waals surface area contributed by atoms with Gasteiger partial charge >= 0.3 is 12.3 Å². The summed E-state index contributed by atoms with van der Waals surface area (Å²) >= 11 is 3.02. The number of nitrogens with two attached hydrogens (primary N) is 1. The maximum atomic E-state index is 12.2. The van der Waals surface area contributed by atoms with Crippen molar-refractivity contribution in [3.05, 3.63) is 28.2 Å². The van der Waals surface area contributed by atoms with Crippen molar-refractivity contribution < 1.29 is 27.5 Å². The Hall–Kier alpha value is -1.77. The standard InChI is InChI=1S/C10H8BrF3N2O3/c1-5(15)16-19-9(17)7-4-6(11)2-3-8(7)18-10(12,13)14/h2-4H,1H3,(H2,15,16). The van der Waals surface area contributed by atoms with Crippen LogP contribution in [0.15, 0.2) is 27.8 Å². The predicted molar refractivity (Wildman–Crippen MR) is 63.5 cm³/mol. The van der Waals surface area contributed by atoms with Crippen LogP contribution in [-0.4, -0.2) is 18.2 Å². The molecule has 5 nitrogen and oxygen atoms in total. The lowest BCUT2D eigenvalue weighted by Gasteiger charge is -2.11. The summed E-state index contributed by atoms with van der Waals surface area (Å²) in [4.78, 5) is 15.9. The molecule has 0 aliphatic rings. The van der Waals surface area contributed by atoms with Gasteiger partial charge < -0.3 is 15.3 Å². The van der Waals surface area contributed by atoms with Crippen LogP contribution in [0.3, 0.4) is 0 Å². The number of halogens is 4. The van der Waals surface area contributed by atoms with Gasteiger partial charge in [-0.25, -0.2) is 4.79 Å². The number of amidine groups is 1. The first-order valence-corrected chi connectivity index (χ1v) is 5.55. The zero-order chi connectivity index (χ0) is 14.6. The highest BCUT2D eigenvalue weighted by atomic mass is 79.9. The summed E-state index contributed by atoms with van der Waals surface area (Å²) in [6, 6.07) is 3.38. The Morgan fingerprint density at radius 2 is 2.05 bits per heavy atom. The number of oxime groups is 1. The van der Waals surface area contributed by atoms with Crippen molar-refractivity contribution in [2.24, 2.45) is 10.9 Å². The molecule has 0 atom stereocenters. The number of hydrogen-bond acceptors (Lipinski definition) is 4. The molecular formula is C10H8BrF3N2O3. The van der Waals surface area contributed by atoms with Crippen molar-refractivity contribution in [3.8, 4) is 5.75 Å². The van der Waals surface area contributed by atoms with Crippen LogP contribution in [0, 0.1) is 0 Å². The first kappa shape index (κ1) is 15.3. The molecule has 0 saturated heterocycles. The molecule has 104 valence electrons. The first-order valence-electron chi connectivity index (χ1n) is 4.76. The molecule has 19 heavy (non-hydrogen) atoms. The van der Waals surface area contributed by atoms with Gasteiger partial charge in [-0.15, -0.1) is 13.2 Å². The van der Waals surface area contributed by atoms with Crippen LogP contribution in [0.25, 0.3) is 0 Å². The van der Waals surface area contributed by atoms with Crippen LogP contribution >= 0.6 is 15.9 Å². The molecule has 0 radical (unpaired) electrons. The molecule has 0 unspecified atom stereocenters. The Morgan fingerprint density at radius 1 is 1.42 bits per heavy atom. The van der Waals surface area contributed by atoms with Crippen molar-refractivity contribution in [3.63, 3.8) is 0 Å². The molecule has 1 aromatic carbocycles. The Balaban J connectivity index is 3.07. The summed E-state index contributed by atoms with van der Waals surface area (Å²) in [5, 5.41) is 3.16. The van der Waals surface area contributed by atoms with Gasteiger partial charge in [0.15, 0.2) is 0 Å². The average molecular weight is 341 g/mol. The van der Waals surface area contributed by atoms with Gasteiger partial charge in [0, 0.05) is 4.47 Å². The minimum absolute atomic E-state index is 0.0540. The number of carbonyl (C=O) groups is 1. The third-order valence-electron chi connectivity index (χ3n) is 1.66. The topological polar surface area (TPSA) is 73.9 Å². The van der Waals surface area contributed by atoms with Crippen LogP contribution < -0.4 is 10.5 Å². The molecule has 0 bridgehead atoms.